The Kier molecular flexibility index (Phi) is 3.58. The Labute approximate surface area is 87.1 Å². The van der Waals surface area contributed by atoms with Crippen molar-refractivity contribution in [2.45, 2.75) is 6.92 Å². The van der Waals surface area contributed by atoms with Crippen molar-refractivity contribution >= 4 is 11.8 Å². The van der Waals surface area contributed by atoms with Crippen LogP contribution in [-0.2, 0) is 9.53 Å². The maximum atomic E-state index is 11.5. The van der Waals surface area contributed by atoms with Crippen LogP contribution in [0.3, 0.4) is 0 Å². The molecule has 0 N–H and O–H groups in total. The van der Waals surface area contributed by atoms with E-state index in [4.69, 9.17) is 5.26 Å². The summed E-state index contributed by atoms with van der Waals surface area (Å²) in [5.74, 6) is -1.71. The van der Waals surface area contributed by atoms with E-state index in [0.29, 0.717) is 0 Å². The number of hydrogen-bond acceptors (Lipinski definition) is 4. The van der Waals surface area contributed by atoms with Crippen molar-refractivity contribution in [2.75, 3.05) is 6.61 Å². The van der Waals surface area contributed by atoms with Gasteiger partial charge in [-0.3, -0.25) is 4.79 Å². The molecule has 0 heterocycles. The molecule has 0 aliphatic heterocycles. The molecule has 0 unspecified atom stereocenters. The van der Waals surface area contributed by atoms with Crippen molar-refractivity contribution in [3.8, 4) is 6.07 Å². The van der Waals surface area contributed by atoms with Gasteiger partial charge in [-0.25, -0.2) is 4.79 Å². The molecule has 4 heteroatoms. The molecule has 1 rings (SSSR count). The molecule has 0 bridgehead atoms. The van der Waals surface area contributed by atoms with Crippen LogP contribution in [0.15, 0.2) is 24.3 Å². The van der Waals surface area contributed by atoms with Crippen molar-refractivity contribution in [3.63, 3.8) is 0 Å². The zero-order valence-corrected chi connectivity index (χ0v) is 8.19. The van der Waals surface area contributed by atoms with E-state index in [9.17, 15) is 9.59 Å². The third-order valence-electron chi connectivity index (χ3n) is 1.75. The SMILES string of the molecule is CCOC(=O)C(=O)c1ccccc1C#N. The molecule has 1 aromatic carbocycles. The molecule has 0 atom stereocenters. The lowest BCUT2D eigenvalue weighted by Crippen LogP contribution is -2.18. The predicted molar refractivity (Wildman–Crippen MR) is 52.1 cm³/mol. The number of nitriles is 1. The van der Waals surface area contributed by atoms with E-state index in [-0.39, 0.29) is 17.7 Å². The fourth-order valence-corrected chi connectivity index (χ4v) is 1.09. The number of carbonyl (C=O) groups excluding carboxylic acids is 2. The lowest BCUT2D eigenvalue weighted by atomic mass is 10.0. The van der Waals surface area contributed by atoms with Crippen LogP contribution < -0.4 is 0 Å². The van der Waals surface area contributed by atoms with Crippen LogP contribution in [0, 0.1) is 11.3 Å². The summed E-state index contributed by atoms with van der Waals surface area (Å²) in [7, 11) is 0. The van der Waals surface area contributed by atoms with Gasteiger partial charge in [0.05, 0.1) is 18.2 Å². The second kappa shape index (κ2) is 4.91. The van der Waals surface area contributed by atoms with Crippen LogP contribution in [-0.4, -0.2) is 18.4 Å². The third kappa shape index (κ3) is 2.41. The first-order valence-electron chi connectivity index (χ1n) is 4.41. The van der Waals surface area contributed by atoms with Gasteiger partial charge in [0.2, 0.25) is 0 Å². The summed E-state index contributed by atoms with van der Waals surface area (Å²) in [5.41, 5.74) is 0.258. The minimum atomic E-state index is -0.930. The summed E-state index contributed by atoms with van der Waals surface area (Å²) in [6.45, 7) is 1.75. The molecule has 0 aliphatic carbocycles. The van der Waals surface area contributed by atoms with E-state index >= 15 is 0 Å². The van der Waals surface area contributed by atoms with Gasteiger partial charge in [0.15, 0.2) is 0 Å². The molecule has 0 fully saturated rings. The molecular weight excluding hydrogens is 194 g/mol. The summed E-state index contributed by atoms with van der Waals surface area (Å²) in [6, 6.07) is 7.97. The maximum absolute atomic E-state index is 11.5. The summed E-state index contributed by atoms with van der Waals surface area (Å²) >= 11 is 0. The van der Waals surface area contributed by atoms with Crippen LogP contribution in [0.25, 0.3) is 0 Å². The summed E-state index contributed by atoms with van der Waals surface area (Å²) in [6.07, 6.45) is 0. The van der Waals surface area contributed by atoms with Gasteiger partial charge < -0.3 is 4.74 Å². The number of ether oxygens (including phenoxy) is 1. The van der Waals surface area contributed by atoms with E-state index in [1.54, 1.807) is 19.1 Å². The Balaban J connectivity index is 3.02. The maximum Gasteiger partial charge on any atom is 0.379 e. The van der Waals surface area contributed by atoms with E-state index in [2.05, 4.69) is 4.74 Å². The zero-order valence-electron chi connectivity index (χ0n) is 8.19. The lowest BCUT2D eigenvalue weighted by molar-refractivity contribution is -0.137. The molecule has 0 saturated heterocycles. The topological polar surface area (TPSA) is 67.2 Å². The van der Waals surface area contributed by atoms with Gasteiger partial charge >= 0.3 is 5.97 Å². The Morgan fingerprint density at radius 1 is 1.40 bits per heavy atom. The van der Waals surface area contributed by atoms with Gasteiger partial charge in [0.25, 0.3) is 5.78 Å². The Morgan fingerprint density at radius 2 is 2.07 bits per heavy atom. The van der Waals surface area contributed by atoms with Gasteiger partial charge in [-0.15, -0.1) is 0 Å². The summed E-state index contributed by atoms with van der Waals surface area (Å²) in [5, 5.41) is 8.72. The second-order valence-electron chi connectivity index (χ2n) is 2.71. The second-order valence-corrected chi connectivity index (χ2v) is 2.71. The molecule has 0 aromatic heterocycles. The fourth-order valence-electron chi connectivity index (χ4n) is 1.09. The van der Waals surface area contributed by atoms with E-state index < -0.39 is 11.8 Å². The minimum Gasteiger partial charge on any atom is -0.460 e. The predicted octanol–water partition coefficient (Wildman–Crippen LogP) is 1.30. The van der Waals surface area contributed by atoms with Gasteiger partial charge in [-0.1, -0.05) is 12.1 Å². The van der Waals surface area contributed by atoms with Gasteiger partial charge in [-0.2, -0.15) is 5.26 Å². The van der Waals surface area contributed by atoms with Gasteiger partial charge in [-0.05, 0) is 19.1 Å². The quantitative estimate of drug-likeness (QED) is 0.422. The van der Waals surface area contributed by atoms with E-state index in [1.165, 1.54) is 12.1 Å². The molecule has 76 valence electrons. The normalized spacial score (nSPS) is 9.07. The molecule has 15 heavy (non-hydrogen) atoms. The van der Waals surface area contributed by atoms with Gasteiger partial charge in [0.1, 0.15) is 0 Å². The molecule has 1 aromatic rings. The van der Waals surface area contributed by atoms with Crippen LogP contribution >= 0.6 is 0 Å². The molecule has 0 radical (unpaired) electrons. The molecule has 0 aliphatic rings. The highest BCUT2D eigenvalue weighted by Crippen LogP contribution is 2.08. The van der Waals surface area contributed by atoms with E-state index in [0.717, 1.165) is 0 Å². The Morgan fingerprint density at radius 3 is 2.67 bits per heavy atom. The molecule has 0 saturated carbocycles. The minimum absolute atomic E-state index is 0.0819. The number of esters is 1. The number of rotatable bonds is 3. The number of Topliss-reactive ketones (excluding diaryl/α,β-unsaturated/α-hetero) is 1. The first kappa shape index (κ1) is 10.9. The molecule has 0 spiro atoms. The van der Waals surface area contributed by atoms with Crippen LogP contribution in [0.5, 0.6) is 0 Å². The Bertz CT molecular complexity index is 432. The average Bonchev–Trinajstić information content (AvgIpc) is 2.28. The van der Waals surface area contributed by atoms with Crippen LogP contribution in [0.2, 0.25) is 0 Å². The monoisotopic (exact) mass is 203 g/mol. The fraction of sp³-hybridized carbons (Fsp3) is 0.182. The van der Waals surface area contributed by atoms with Crippen molar-refractivity contribution in [2.24, 2.45) is 0 Å². The number of carbonyl (C=O) groups is 2. The first-order valence-corrected chi connectivity index (χ1v) is 4.41. The highest BCUT2D eigenvalue weighted by Gasteiger charge is 2.19. The number of benzene rings is 1. The van der Waals surface area contributed by atoms with Crippen molar-refractivity contribution in [1.29, 1.82) is 5.26 Å². The number of hydrogen-bond donors (Lipinski definition) is 0. The highest BCUT2D eigenvalue weighted by atomic mass is 16.5. The summed E-state index contributed by atoms with van der Waals surface area (Å²) in [4.78, 5) is 22.6. The number of ketones is 1. The van der Waals surface area contributed by atoms with E-state index in [1.807, 2.05) is 6.07 Å². The molecule has 0 amide bonds. The van der Waals surface area contributed by atoms with Crippen molar-refractivity contribution in [1.82, 2.24) is 0 Å². The Hall–Kier alpha value is -2.15. The molecular formula is C11H9NO3. The third-order valence-corrected chi connectivity index (χ3v) is 1.75. The van der Waals surface area contributed by atoms with Crippen LogP contribution in [0.1, 0.15) is 22.8 Å². The smallest absolute Gasteiger partial charge is 0.379 e. The van der Waals surface area contributed by atoms with Crippen molar-refractivity contribution < 1.29 is 14.3 Å². The zero-order chi connectivity index (χ0) is 11.3. The first-order chi connectivity index (χ1) is 7.20. The van der Waals surface area contributed by atoms with Gasteiger partial charge in [0, 0.05) is 5.56 Å². The highest BCUT2D eigenvalue weighted by molar-refractivity contribution is 6.41. The lowest BCUT2D eigenvalue weighted by Gasteiger charge is -2.01. The summed E-state index contributed by atoms with van der Waals surface area (Å²) < 4.78 is 4.56. The number of nitrogens with zero attached hydrogens (tertiary/aromatic N) is 1. The van der Waals surface area contributed by atoms with Crippen molar-refractivity contribution in [3.05, 3.63) is 35.4 Å². The average molecular weight is 203 g/mol. The standard InChI is InChI=1S/C11H9NO3/c1-2-15-11(14)10(13)9-6-4-3-5-8(9)7-12/h3-6H,2H2,1H3. The largest absolute Gasteiger partial charge is 0.460 e. The molecule has 4 nitrogen and oxygen atoms in total. The van der Waals surface area contributed by atoms with Crippen LogP contribution in [0.4, 0.5) is 0 Å².